The molecule has 0 unspecified atom stereocenters. The first kappa shape index (κ1) is 30.7. The fourth-order valence-electron chi connectivity index (χ4n) is 5.91. The number of rotatable bonds is 6. The van der Waals surface area contributed by atoms with Crippen LogP contribution >= 0.6 is 0 Å². The molecule has 2 aromatic carbocycles. The third-order valence-corrected chi connectivity index (χ3v) is 8.71. The van der Waals surface area contributed by atoms with Crippen molar-refractivity contribution in [3.05, 3.63) is 63.0 Å². The third-order valence-electron chi connectivity index (χ3n) is 8.11. The molecule has 10 nitrogen and oxygen atoms in total. The van der Waals surface area contributed by atoms with Gasteiger partial charge in [-0.1, -0.05) is 6.92 Å². The molecule has 0 bridgehead atoms. The second-order valence-corrected chi connectivity index (χ2v) is 12.8. The highest BCUT2D eigenvalue weighted by Crippen LogP contribution is 2.35. The molecule has 3 heterocycles. The van der Waals surface area contributed by atoms with Crippen molar-refractivity contribution in [1.29, 1.82) is 0 Å². The van der Waals surface area contributed by atoms with E-state index in [9.17, 15) is 31.2 Å². The smallest absolute Gasteiger partial charge is 0.422 e. The van der Waals surface area contributed by atoms with Crippen LogP contribution in [0, 0.1) is 6.92 Å². The lowest BCUT2D eigenvalue weighted by molar-refractivity contribution is -0.274. The number of hydrogen-bond acceptors (Lipinski definition) is 8. The van der Waals surface area contributed by atoms with Crippen LogP contribution in [0.25, 0.3) is 11.0 Å². The topological polar surface area (TPSA) is 112 Å². The first-order valence-electron chi connectivity index (χ1n) is 13.9. The number of amides is 1. The highest BCUT2D eigenvalue weighted by atomic mass is 32.2. The number of carbonyl (C=O) groups is 1. The predicted molar refractivity (Wildman–Crippen MR) is 156 cm³/mol. The van der Waals surface area contributed by atoms with Crippen molar-refractivity contribution in [3.63, 3.8) is 0 Å². The van der Waals surface area contributed by atoms with Gasteiger partial charge in [-0.15, -0.1) is 13.2 Å². The highest BCUT2D eigenvalue weighted by Gasteiger charge is 2.34. The summed E-state index contributed by atoms with van der Waals surface area (Å²) in [7, 11) is -1.80. The molecule has 1 fully saturated rings. The van der Waals surface area contributed by atoms with E-state index in [-0.39, 0.29) is 18.7 Å². The summed E-state index contributed by atoms with van der Waals surface area (Å²) < 4.78 is 74.1. The lowest BCUT2D eigenvalue weighted by Crippen LogP contribution is -2.51. The van der Waals surface area contributed by atoms with E-state index in [1.807, 2.05) is 23.8 Å². The lowest BCUT2D eigenvalue weighted by atomic mass is 9.95. The summed E-state index contributed by atoms with van der Waals surface area (Å²) >= 11 is 0. The van der Waals surface area contributed by atoms with Gasteiger partial charge in [0.05, 0.1) is 24.1 Å². The van der Waals surface area contributed by atoms with Gasteiger partial charge >= 0.3 is 12.0 Å². The molecule has 2 aliphatic heterocycles. The van der Waals surface area contributed by atoms with Gasteiger partial charge in [-0.25, -0.2) is 13.2 Å². The summed E-state index contributed by atoms with van der Waals surface area (Å²) in [5.74, 6) is -1.52. The number of aryl methyl sites for hydroxylation is 1. The van der Waals surface area contributed by atoms with E-state index in [1.54, 1.807) is 0 Å². The Bertz CT molecular complexity index is 1740. The number of anilines is 2. The predicted octanol–water partition coefficient (Wildman–Crippen LogP) is 4.10. The fourth-order valence-corrected chi connectivity index (χ4v) is 6.47. The largest absolute Gasteiger partial charge is 0.573 e. The van der Waals surface area contributed by atoms with Crippen LogP contribution in [0.15, 0.2) is 39.5 Å². The molecule has 1 aromatic heterocycles. The summed E-state index contributed by atoms with van der Waals surface area (Å²) in [4.78, 5) is 32.6. The molecule has 0 radical (unpaired) electrons. The van der Waals surface area contributed by atoms with Crippen molar-refractivity contribution in [2.45, 2.75) is 45.6 Å². The zero-order valence-corrected chi connectivity index (χ0v) is 25.1. The number of alkyl halides is 3. The molecule has 1 N–H and O–H groups in total. The molecule has 1 saturated heterocycles. The van der Waals surface area contributed by atoms with Crippen molar-refractivity contribution in [1.82, 2.24) is 9.80 Å². The van der Waals surface area contributed by atoms with E-state index in [4.69, 9.17) is 4.42 Å². The van der Waals surface area contributed by atoms with Crippen LogP contribution < -0.4 is 20.0 Å². The third kappa shape index (κ3) is 6.44. The minimum absolute atomic E-state index is 0.0946. The van der Waals surface area contributed by atoms with E-state index in [0.717, 1.165) is 66.6 Å². The van der Waals surface area contributed by atoms with Gasteiger partial charge < -0.3 is 19.0 Å². The molecular formula is C29H33F3N4O6S. The van der Waals surface area contributed by atoms with Gasteiger partial charge in [-0.2, -0.15) is 0 Å². The number of piperazine rings is 1. The van der Waals surface area contributed by atoms with Crippen molar-refractivity contribution in [3.8, 4) is 5.75 Å². The van der Waals surface area contributed by atoms with Gasteiger partial charge in [0.15, 0.2) is 5.75 Å². The maximum Gasteiger partial charge on any atom is 0.573 e. The number of fused-ring (bicyclic) bond motifs is 3. The quantitative estimate of drug-likeness (QED) is 0.409. The second-order valence-electron chi connectivity index (χ2n) is 11.0. The Morgan fingerprint density at radius 3 is 2.56 bits per heavy atom. The number of benzene rings is 2. The summed E-state index contributed by atoms with van der Waals surface area (Å²) in [6.07, 6.45) is -2.98. The number of nitrogens with zero attached hydrogens (tertiary/aromatic N) is 3. The average molecular weight is 623 g/mol. The van der Waals surface area contributed by atoms with E-state index < -0.39 is 39.4 Å². The van der Waals surface area contributed by atoms with Gasteiger partial charge in [0.1, 0.15) is 5.58 Å². The minimum Gasteiger partial charge on any atom is -0.422 e. The van der Waals surface area contributed by atoms with Crippen molar-refractivity contribution in [2.24, 2.45) is 0 Å². The van der Waals surface area contributed by atoms with E-state index >= 15 is 0 Å². The van der Waals surface area contributed by atoms with Crippen LogP contribution in [0.2, 0.25) is 0 Å². The van der Waals surface area contributed by atoms with Crippen LogP contribution in [0.5, 0.6) is 5.75 Å². The first-order chi connectivity index (χ1) is 20.1. The van der Waals surface area contributed by atoms with Gasteiger partial charge in [0.25, 0.3) is 5.91 Å². The van der Waals surface area contributed by atoms with Gasteiger partial charge in [0.2, 0.25) is 10.0 Å². The SMILES string of the molecule is CC[C@H]1CN(c2ccc3c4c(c(=O)oc3c2C)CN(C(=O)c2ccc(NS(C)(=O)=O)c(OC(F)(F)F)c2)CC4)CCN1C. The number of nitrogens with one attached hydrogen (secondary N) is 1. The van der Waals surface area contributed by atoms with Crippen LogP contribution in [-0.2, 0) is 23.0 Å². The number of halogens is 3. The van der Waals surface area contributed by atoms with Gasteiger partial charge in [-0.3, -0.25) is 14.4 Å². The van der Waals surface area contributed by atoms with Crippen LogP contribution in [0.4, 0.5) is 24.5 Å². The molecule has 5 rings (SSSR count). The Morgan fingerprint density at radius 2 is 1.88 bits per heavy atom. The Hall–Kier alpha value is -3.78. The molecule has 0 saturated carbocycles. The minimum atomic E-state index is -5.13. The molecule has 3 aromatic rings. The first-order valence-corrected chi connectivity index (χ1v) is 15.7. The molecule has 43 heavy (non-hydrogen) atoms. The number of hydrogen-bond donors (Lipinski definition) is 1. The van der Waals surface area contributed by atoms with Crippen molar-refractivity contribution in [2.75, 3.05) is 49.1 Å². The molecule has 0 spiro atoms. The maximum absolute atomic E-state index is 13.4. The van der Waals surface area contributed by atoms with Crippen LogP contribution in [-0.4, -0.2) is 76.0 Å². The van der Waals surface area contributed by atoms with E-state index in [0.29, 0.717) is 23.6 Å². The van der Waals surface area contributed by atoms with E-state index in [1.165, 1.54) is 11.0 Å². The van der Waals surface area contributed by atoms with Crippen molar-refractivity contribution < 1.29 is 35.5 Å². The van der Waals surface area contributed by atoms with Crippen molar-refractivity contribution >= 4 is 38.3 Å². The fraction of sp³-hybridized carbons (Fsp3) is 0.448. The highest BCUT2D eigenvalue weighted by molar-refractivity contribution is 7.92. The summed E-state index contributed by atoms with van der Waals surface area (Å²) in [6.45, 7) is 6.86. The number of likely N-dealkylation sites (N-methyl/N-ethyl adjacent to an activating group) is 1. The summed E-state index contributed by atoms with van der Waals surface area (Å²) in [5.41, 5.74) is 2.29. The standard InChI is InChI=1S/C29H33F3N4O6S/c1-5-19-15-35(13-12-34(19)3)24-9-7-21-20-10-11-36(16-22(20)28(38)41-26(21)17(24)2)27(37)18-6-8-23(33-43(4,39)40)25(14-18)42-29(30,31)32/h6-9,14,19,33H,5,10-13,15-16H2,1-4H3/t19-/m0/s1. The van der Waals surface area contributed by atoms with Crippen LogP contribution in [0.1, 0.15) is 40.4 Å². The molecule has 232 valence electrons. The zero-order chi connectivity index (χ0) is 31.3. The second kappa shape index (κ2) is 11.4. The summed E-state index contributed by atoms with van der Waals surface area (Å²) in [6, 6.07) is 7.47. The maximum atomic E-state index is 13.4. The number of carbonyl (C=O) groups excluding carboxylic acids is 1. The van der Waals surface area contributed by atoms with E-state index in [2.05, 4.69) is 28.5 Å². The molecule has 2 aliphatic rings. The Balaban J connectivity index is 1.43. The number of ether oxygens (including phenoxy) is 1. The molecular weight excluding hydrogens is 589 g/mol. The normalized spacial score (nSPS) is 18.1. The van der Waals surface area contributed by atoms with Gasteiger partial charge in [-0.05, 0) is 62.7 Å². The Labute approximate surface area is 247 Å². The zero-order valence-electron chi connectivity index (χ0n) is 24.2. The molecule has 1 amide bonds. The average Bonchev–Trinajstić information content (AvgIpc) is 2.93. The van der Waals surface area contributed by atoms with Crippen LogP contribution in [0.3, 0.4) is 0 Å². The Kier molecular flexibility index (Phi) is 8.11. The lowest BCUT2D eigenvalue weighted by Gasteiger charge is -2.41. The Morgan fingerprint density at radius 1 is 1.14 bits per heavy atom. The van der Waals surface area contributed by atoms with Gasteiger partial charge in [0, 0.05) is 54.4 Å². The molecule has 1 atom stereocenters. The monoisotopic (exact) mass is 622 g/mol. The number of sulfonamides is 1. The summed E-state index contributed by atoms with van der Waals surface area (Å²) in [5, 5.41) is 0.793. The molecule has 0 aliphatic carbocycles. The molecule has 14 heteroatoms.